The van der Waals surface area contributed by atoms with Gasteiger partial charge in [-0.05, 0) is 26.8 Å². The van der Waals surface area contributed by atoms with Crippen molar-refractivity contribution in [3.63, 3.8) is 0 Å². The highest BCUT2D eigenvalue weighted by atomic mass is 127. The van der Waals surface area contributed by atoms with Gasteiger partial charge in [0, 0.05) is 31.1 Å². The SMILES string of the molecule is CCNC(=NCc1nc(C(F)(F)F)cs1)NCCN(C)C1CCCC1.I. The van der Waals surface area contributed by atoms with Crippen LogP contribution in [0.2, 0.25) is 0 Å². The number of hydrogen-bond donors (Lipinski definition) is 2. The summed E-state index contributed by atoms with van der Waals surface area (Å²) in [6.45, 7) is 4.42. The van der Waals surface area contributed by atoms with Crippen LogP contribution in [0.1, 0.15) is 43.3 Å². The highest BCUT2D eigenvalue weighted by molar-refractivity contribution is 14.0. The van der Waals surface area contributed by atoms with E-state index < -0.39 is 11.9 Å². The second-order valence-electron chi connectivity index (χ2n) is 6.17. The van der Waals surface area contributed by atoms with E-state index in [1.54, 1.807) is 0 Å². The van der Waals surface area contributed by atoms with E-state index in [0.717, 1.165) is 29.8 Å². The molecule has 0 aliphatic heterocycles. The number of thiazole rings is 1. The van der Waals surface area contributed by atoms with E-state index in [4.69, 9.17) is 0 Å². The molecule has 0 saturated heterocycles. The fraction of sp³-hybridized carbons (Fsp3) is 0.750. The normalized spacial score (nSPS) is 16.0. The van der Waals surface area contributed by atoms with E-state index in [1.165, 1.54) is 25.7 Å². The van der Waals surface area contributed by atoms with Crippen LogP contribution < -0.4 is 10.6 Å². The van der Waals surface area contributed by atoms with Gasteiger partial charge in [-0.1, -0.05) is 12.8 Å². The molecule has 1 aromatic rings. The number of likely N-dealkylation sites (N-methyl/N-ethyl adjacent to an activating group) is 1. The van der Waals surface area contributed by atoms with Crippen LogP contribution in [0.4, 0.5) is 13.2 Å². The lowest BCUT2D eigenvalue weighted by atomic mass is 10.2. The molecule has 10 heteroatoms. The summed E-state index contributed by atoms with van der Waals surface area (Å²) in [5.41, 5.74) is -0.848. The lowest BCUT2D eigenvalue weighted by molar-refractivity contribution is -0.140. The van der Waals surface area contributed by atoms with E-state index in [0.29, 0.717) is 23.6 Å². The standard InChI is InChI=1S/C16H26F3N5S.HI/c1-3-20-15(21-8-9-24(2)12-6-4-5-7-12)22-10-14-23-13(11-25-14)16(17,18)19;/h11-12H,3-10H2,1-2H3,(H2,20,21,22);1H. The van der Waals surface area contributed by atoms with Crippen LogP contribution in [-0.2, 0) is 12.7 Å². The molecule has 1 saturated carbocycles. The second-order valence-corrected chi connectivity index (χ2v) is 7.11. The molecule has 0 radical (unpaired) electrons. The van der Waals surface area contributed by atoms with Gasteiger partial charge in [-0.2, -0.15) is 13.2 Å². The summed E-state index contributed by atoms with van der Waals surface area (Å²) in [6, 6.07) is 0.664. The number of guanidine groups is 1. The van der Waals surface area contributed by atoms with Crippen molar-refractivity contribution in [3.8, 4) is 0 Å². The molecule has 0 aromatic carbocycles. The van der Waals surface area contributed by atoms with Gasteiger partial charge in [0.1, 0.15) is 5.01 Å². The van der Waals surface area contributed by atoms with Crippen LogP contribution in [-0.4, -0.2) is 48.6 Å². The predicted molar refractivity (Wildman–Crippen MR) is 110 cm³/mol. The second kappa shape index (κ2) is 11.3. The Balaban J connectivity index is 0.00000338. The molecule has 1 heterocycles. The molecule has 2 rings (SSSR count). The van der Waals surface area contributed by atoms with Crippen molar-refractivity contribution < 1.29 is 13.2 Å². The first-order chi connectivity index (χ1) is 11.9. The van der Waals surface area contributed by atoms with Gasteiger partial charge < -0.3 is 15.5 Å². The van der Waals surface area contributed by atoms with Crippen molar-refractivity contribution >= 4 is 41.3 Å². The van der Waals surface area contributed by atoms with Crippen molar-refractivity contribution in [2.45, 2.75) is 51.4 Å². The first-order valence-corrected chi connectivity index (χ1v) is 9.52. The Morgan fingerprint density at radius 2 is 2.04 bits per heavy atom. The first kappa shape index (κ1) is 23.4. The number of nitrogens with zero attached hydrogens (tertiary/aromatic N) is 3. The fourth-order valence-corrected chi connectivity index (χ4v) is 3.60. The first-order valence-electron chi connectivity index (χ1n) is 8.64. The molecule has 1 aliphatic carbocycles. The van der Waals surface area contributed by atoms with Crippen molar-refractivity contribution in [2.75, 3.05) is 26.7 Å². The predicted octanol–water partition coefficient (Wildman–Crippen LogP) is 3.71. The molecule has 1 fully saturated rings. The highest BCUT2D eigenvalue weighted by Gasteiger charge is 2.33. The van der Waals surface area contributed by atoms with Gasteiger partial charge in [-0.25, -0.2) is 9.98 Å². The number of rotatable bonds is 7. The average Bonchev–Trinajstić information content (AvgIpc) is 3.23. The number of halogens is 4. The van der Waals surface area contributed by atoms with E-state index in [2.05, 4.69) is 32.6 Å². The Morgan fingerprint density at radius 1 is 1.35 bits per heavy atom. The zero-order valence-electron chi connectivity index (χ0n) is 15.1. The fourth-order valence-electron chi connectivity index (χ4n) is 2.88. The molecule has 1 aromatic heterocycles. The van der Waals surface area contributed by atoms with Crippen LogP contribution in [0.3, 0.4) is 0 Å². The molecule has 0 spiro atoms. The van der Waals surface area contributed by atoms with Gasteiger partial charge >= 0.3 is 6.18 Å². The van der Waals surface area contributed by atoms with Crippen LogP contribution in [0.15, 0.2) is 10.4 Å². The Hall–Kier alpha value is -0.620. The van der Waals surface area contributed by atoms with Crippen LogP contribution >= 0.6 is 35.3 Å². The highest BCUT2D eigenvalue weighted by Crippen LogP contribution is 2.30. The number of nitrogens with one attached hydrogen (secondary N) is 2. The molecule has 5 nitrogen and oxygen atoms in total. The van der Waals surface area contributed by atoms with Crippen molar-refractivity contribution in [3.05, 3.63) is 16.1 Å². The minimum absolute atomic E-state index is 0. The third kappa shape index (κ3) is 7.55. The van der Waals surface area contributed by atoms with Crippen molar-refractivity contribution in [1.29, 1.82) is 0 Å². The molecule has 1 aliphatic rings. The van der Waals surface area contributed by atoms with Gasteiger partial charge in [0.05, 0.1) is 6.54 Å². The van der Waals surface area contributed by atoms with Gasteiger partial charge in [0.25, 0.3) is 0 Å². The molecular formula is C16H27F3IN5S. The summed E-state index contributed by atoms with van der Waals surface area (Å²) < 4.78 is 37.7. The summed E-state index contributed by atoms with van der Waals surface area (Å²) in [7, 11) is 2.13. The summed E-state index contributed by atoms with van der Waals surface area (Å²) in [5.74, 6) is 0.603. The Kier molecular flexibility index (Phi) is 10.2. The Morgan fingerprint density at radius 3 is 2.62 bits per heavy atom. The third-order valence-corrected chi connectivity index (χ3v) is 5.10. The number of alkyl halides is 3. The number of hydrogen-bond acceptors (Lipinski definition) is 4. The third-order valence-electron chi connectivity index (χ3n) is 4.26. The molecule has 0 amide bonds. The topological polar surface area (TPSA) is 52.6 Å². The minimum Gasteiger partial charge on any atom is -0.357 e. The zero-order chi connectivity index (χ0) is 18.3. The number of aliphatic imine (C=N–C) groups is 1. The van der Waals surface area contributed by atoms with Crippen molar-refractivity contribution in [1.82, 2.24) is 20.5 Å². The van der Waals surface area contributed by atoms with Crippen LogP contribution in [0.25, 0.3) is 0 Å². The molecule has 2 N–H and O–H groups in total. The lowest BCUT2D eigenvalue weighted by Crippen LogP contribution is -2.42. The summed E-state index contributed by atoms with van der Waals surface area (Å²) in [6.07, 6.45) is 0.735. The van der Waals surface area contributed by atoms with E-state index in [-0.39, 0.29) is 30.5 Å². The zero-order valence-corrected chi connectivity index (χ0v) is 18.3. The van der Waals surface area contributed by atoms with E-state index in [1.807, 2.05) is 6.92 Å². The van der Waals surface area contributed by atoms with Gasteiger partial charge in [0.15, 0.2) is 11.7 Å². The number of aromatic nitrogens is 1. The van der Waals surface area contributed by atoms with E-state index >= 15 is 0 Å². The largest absolute Gasteiger partial charge is 0.434 e. The van der Waals surface area contributed by atoms with Crippen LogP contribution in [0.5, 0.6) is 0 Å². The maximum atomic E-state index is 12.6. The Labute approximate surface area is 173 Å². The lowest BCUT2D eigenvalue weighted by Gasteiger charge is -2.24. The van der Waals surface area contributed by atoms with Gasteiger partial charge in [-0.15, -0.1) is 35.3 Å². The maximum absolute atomic E-state index is 12.6. The summed E-state index contributed by atoms with van der Waals surface area (Å²) >= 11 is 0.980. The molecule has 0 atom stereocenters. The van der Waals surface area contributed by atoms with Crippen molar-refractivity contribution in [2.24, 2.45) is 4.99 Å². The molecule has 0 unspecified atom stereocenters. The van der Waals surface area contributed by atoms with Gasteiger partial charge in [-0.3, -0.25) is 0 Å². The summed E-state index contributed by atoms with van der Waals surface area (Å²) in [4.78, 5) is 10.3. The maximum Gasteiger partial charge on any atom is 0.434 e. The average molecular weight is 505 g/mol. The monoisotopic (exact) mass is 505 g/mol. The molecule has 26 heavy (non-hydrogen) atoms. The molecular weight excluding hydrogens is 478 g/mol. The van der Waals surface area contributed by atoms with Gasteiger partial charge in [0.2, 0.25) is 0 Å². The summed E-state index contributed by atoms with van der Waals surface area (Å²) in [5, 5.41) is 7.73. The van der Waals surface area contributed by atoms with Crippen LogP contribution in [0, 0.1) is 0 Å². The minimum atomic E-state index is -4.40. The smallest absolute Gasteiger partial charge is 0.357 e. The van der Waals surface area contributed by atoms with E-state index in [9.17, 15) is 13.2 Å². The molecule has 0 bridgehead atoms. The quantitative estimate of drug-likeness (QED) is 0.337. The Bertz CT molecular complexity index is 558. The molecule has 150 valence electrons.